The standard InChI is InChI=1S/C19H18N6O2/c26-18-10-15(12-24(18)11-14-4-2-1-3-5-14)19(27)21-16-6-8-17(9-7-16)25-13-20-22-23-25/h1-9,13,15H,10-12H2,(H,21,27). The van der Waals surface area contributed by atoms with Crippen LogP contribution in [0.2, 0.25) is 0 Å². The average Bonchev–Trinajstić information content (AvgIpc) is 3.34. The number of benzene rings is 2. The maximum Gasteiger partial charge on any atom is 0.229 e. The van der Waals surface area contributed by atoms with Crippen molar-refractivity contribution in [3.8, 4) is 5.69 Å². The molecule has 0 bridgehead atoms. The van der Waals surface area contributed by atoms with E-state index in [-0.39, 0.29) is 24.2 Å². The molecule has 1 fully saturated rings. The van der Waals surface area contributed by atoms with E-state index in [2.05, 4.69) is 20.8 Å². The number of anilines is 1. The number of hydrogen-bond acceptors (Lipinski definition) is 5. The van der Waals surface area contributed by atoms with Crippen molar-refractivity contribution in [2.45, 2.75) is 13.0 Å². The molecule has 2 heterocycles. The first-order valence-corrected chi connectivity index (χ1v) is 8.65. The van der Waals surface area contributed by atoms with Gasteiger partial charge in [0.2, 0.25) is 11.8 Å². The van der Waals surface area contributed by atoms with Gasteiger partial charge in [-0.2, -0.15) is 0 Å². The van der Waals surface area contributed by atoms with Crippen LogP contribution < -0.4 is 5.32 Å². The highest BCUT2D eigenvalue weighted by Gasteiger charge is 2.34. The molecule has 27 heavy (non-hydrogen) atoms. The SMILES string of the molecule is O=C(Nc1ccc(-n2cnnn2)cc1)C1CC(=O)N(Cc2ccccc2)C1. The molecule has 2 amide bonds. The summed E-state index contributed by atoms with van der Waals surface area (Å²) in [6, 6.07) is 17.0. The average molecular weight is 362 g/mol. The molecule has 8 heteroatoms. The maximum absolute atomic E-state index is 12.5. The molecule has 2 aromatic carbocycles. The smallest absolute Gasteiger partial charge is 0.229 e. The summed E-state index contributed by atoms with van der Waals surface area (Å²) in [7, 11) is 0. The number of tetrazole rings is 1. The molecule has 1 atom stereocenters. The predicted molar refractivity (Wildman–Crippen MR) is 97.7 cm³/mol. The van der Waals surface area contributed by atoms with E-state index in [4.69, 9.17) is 0 Å². The van der Waals surface area contributed by atoms with E-state index >= 15 is 0 Å². The Morgan fingerprint density at radius 2 is 1.89 bits per heavy atom. The molecule has 0 saturated carbocycles. The Morgan fingerprint density at radius 1 is 1.11 bits per heavy atom. The molecule has 0 aliphatic carbocycles. The molecule has 1 aliphatic rings. The number of carbonyl (C=O) groups excluding carboxylic acids is 2. The van der Waals surface area contributed by atoms with Gasteiger partial charge in [0, 0.05) is 25.2 Å². The number of aromatic nitrogens is 4. The molecule has 1 aliphatic heterocycles. The minimum Gasteiger partial charge on any atom is -0.338 e. The van der Waals surface area contributed by atoms with Gasteiger partial charge >= 0.3 is 0 Å². The fourth-order valence-corrected chi connectivity index (χ4v) is 3.13. The zero-order valence-corrected chi connectivity index (χ0v) is 14.5. The summed E-state index contributed by atoms with van der Waals surface area (Å²) >= 11 is 0. The van der Waals surface area contributed by atoms with Crippen molar-refractivity contribution in [3.05, 3.63) is 66.5 Å². The molecule has 1 saturated heterocycles. The van der Waals surface area contributed by atoms with Crippen molar-refractivity contribution in [2.75, 3.05) is 11.9 Å². The van der Waals surface area contributed by atoms with Crippen LogP contribution in [0, 0.1) is 5.92 Å². The van der Waals surface area contributed by atoms with Gasteiger partial charge < -0.3 is 10.2 Å². The van der Waals surface area contributed by atoms with Gasteiger partial charge in [0.1, 0.15) is 6.33 Å². The van der Waals surface area contributed by atoms with Crippen LogP contribution in [0.15, 0.2) is 60.9 Å². The lowest BCUT2D eigenvalue weighted by Gasteiger charge is -2.16. The summed E-state index contributed by atoms with van der Waals surface area (Å²) in [4.78, 5) is 26.5. The highest BCUT2D eigenvalue weighted by atomic mass is 16.2. The second-order valence-corrected chi connectivity index (χ2v) is 6.45. The van der Waals surface area contributed by atoms with E-state index in [0.717, 1.165) is 11.3 Å². The molecule has 1 aromatic heterocycles. The fourth-order valence-electron chi connectivity index (χ4n) is 3.13. The third-order valence-electron chi connectivity index (χ3n) is 4.55. The monoisotopic (exact) mass is 362 g/mol. The van der Waals surface area contributed by atoms with Gasteiger partial charge in [0.25, 0.3) is 0 Å². The summed E-state index contributed by atoms with van der Waals surface area (Å²) in [6.07, 6.45) is 1.74. The molecule has 4 rings (SSSR count). The van der Waals surface area contributed by atoms with Crippen molar-refractivity contribution in [3.63, 3.8) is 0 Å². The van der Waals surface area contributed by atoms with Crippen molar-refractivity contribution in [2.24, 2.45) is 5.92 Å². The highest BCUT2D eigenvalue weighted by Crippen LogP contribution is 2.22. The number of nitrogens with one attached hydrogen (secondary N) is 1. The zero-order chi connectivity index (χ0) is 18.6. The first-order chi connectivity index (χ1) is 13.2. The second-order valence-electron chi connectivity index (χ2n) is 6.45. The third-order valence-corrected chi connectivity index (χ3v) is 4.55. The van der Waals surface area contributed by atoms with Crippen molar-refractivity contribution in [1.82, 2.24) is 25.1 Å². The van der Waals surface area contributed by atoms with Crippen LogP contribution in [0.5, 0.6) is 0 Å². The summed E-state index contributed by atoms with van der Waals surface area (Å²) in [6.45, 7) is 0.965. The minimum absolute atomic E-state index is 0.00744. The molecule has 1 N–H and O–H groups in total. The molecule has 0 spiro atoms. The summed E-state index contributed by atoms with van der Waals surface area (Å²) in [5.41, 5.74) is 2.53. The van der Waals surface area contributed by atoms with Gasteiger partial charge in [-0.3, -0.25) is 9.59 Å². The van der Waals surface area contributed by atoms with Crippen LogP contribution in [0.3, 0.4) is 0 Å². The van der Waals surface area contributed by atoms with Gasteiger partial charge in [0.15, 0.2) is 0 Å². The lowest BCUT2D eigenvalue weighted by molar-refractivity contribution is -0.128. The molecular formula is C19H18N6O2. The number of rotatable bonds is 5. The van der Waals surface area contributed by atoms with Crippen LogP contribution >= 0.6 is 0 Å². The number of likely N-dealkylation sites (tertiary alicyclic amines) is 1. The van der Waals surface area contributed by atoms with Crippen molar-refractivity contribution >= 4 is 17.5 Å². The summed E-state index contributed by atoms with van der Waals surface area (Å²) < 4.78 is 1.53. The lowest BCUT2D eigenvalue weighted by atomic mass is 10.1. The van der Waals surface area contributed by atoms with E-state index < -0.39 is 0 Å². The molecule has 0 radical (unpaired) electrons. The number of carbonyl (C=O) groups is 2. The Morgan fingerprint density at radius 3 is 2.59 bits per heavy atom. The second kappa shape index (κ2) is 7.36. The van der Waals surface area contributed by atoms with Crippen LogP contribution in [0.4, 0.5) is 5.69 Å². The first kappa shape index (κ1) is 16.9. The fraction of sp³-hybridized carbons (Fsp3) is 0.211. The van der Waals surface area contributed by atoms with E-state index in [1.807, 2.05) is 42.5 Å². The van der Waals surface area contributed by atoms with Crippen LogP contribution in [-0.2, 0) is 16.1 Å². The van der Waals surface area contributed by atoms with Crippen molar-refractivity contribution in [1.29, 1.82) is 0 Å². The van der Waals surface area contributed by atoms with E-state index in [1.54, 1.807) is 17.0 Å². The van der Waals surface area contributed by atoms with Crippen LogP contribution in [0.25, 0.3) is 5.69 Å². The zero-order valence-electron chi connectivity index (χ0n) is 14.5. The Hall–Kier alpha value is -3.55. The molecule has 3 aromatic rings. The number of amides is 2. The Balaban J connectivity index is 1.36. The molecule has 8 nitrogen and oxygen atoms in total. The lowest BCUT2D eigenvalue weighted by Crippen LogP contribution is -2.28. The van der Waals surface area contributed by atoms with Gasteiger partial charge in [-0.15, -0.1) is 5.10 Å². The van der Waals surface area contributed by atoms with Crippen molar-refractivity contribution < 1.29 is 9.59 Å². The third kappa shape index (κ3) is 3.84. The number of nitrogens with zero attached hydrogens (tertiary/aromatic N) is 5. The van der Waals surface area contributed by atoms with E-state index in [9.17, 15) is 9.59 Å². The molecule has 1 unspecified atom stereocenters. The Labute approximate surface area is 155 Å². The van der Waals surface area contributed by atoms with E-state index in [1.165, 1.54) is 11.0 Å². The van der Waals surface area contributed by atoms with Crippen LogP contribution in [0.1, 0.15) is 12.0 Å². The highest BCUT2D eigenvalue weighted by molar-refractivity contribution is 5.97. The van der Waals surface area contributed by atoms with E-state index in [0.29, 0.717) is 18.8 Å². The Bertz CT molecular complexity index is 925. The van der Waals surface area contributed by atoms with Gasteiger partial charge in [-0.25, -0.2) is 4.68 Å². The van der Waals surface area contributed by atoms with Gasteiger partial charge in [0.05, 0.1) is 11.6 Å². The Kier molecular flexibility index (Phi) is 4.61. The molecule has 136 valence electrons. The van der Waals surface area contributed by atoms with Gasteiger partial charge in [-0.1, -0.05) is 30.3 Å². The van der Waals surface area contributed by atoms with Crippen LogP contribution in [-0.4, -0.2) is 43.5 Å². The summed E-state index contributed by atoms with van der Waals surface area (Å²) in [5, 5.41) is 13.9. The largest absolute Gasteiger partial charge is 0.338 e. The minimum atomic E-state index is -0.347. The van der Waals surface area contributed by atoms with Gasteiger partial charge in [-0.05, 0) is 40.3 Å². The normalized spacial score (nSPS) is 16.5. The topological polar surface area (TPSA) is 93.0 Å². The summed E-state index contributed by atoms with van der Waals surface area (Å²) in [5.74, 6) is -0.484. The predicted octanol–water partition coefficient (Wildman–Crippen LogP) is 1.65. The number of hydrogen-bond donors (Lipinski definition) is 1. The maximum atomic E-state index is 12.5. The molecular weight excluding hydrogens is 344 g/mol. The first-order valence-electron chi connectivity index (χ1n) is 8.65. The quantitative estimate of drug-likeness (QED) is 0.745.